The van der Waals surface area contributed by atoms with Crippen LogP contribution in [0.15, 0.2) is 0 Å². The van der Waals surface area contributed by atoms with Crippen LogP contribution in [0.2, 0.25) is 0 Å². The van der Waals surface area contributed by atoms with Gasteiger partial charge >= 0.3 is 5.97 Å². The van der Waals surface area contributed by atoms with Gasteiger partial charge in [0.05, 0.1) is 0 Å². The van der Waals surface area contributed by atoms with Crippen LogP contribution < -0.4 is 6.15 Å². The molecule has 4 nitrogen and oxygen atoms in total. The molecule has 48 valence electrons. The van der Waals surface area contributed by atoms with Crippen LogP contribution in [0.25, 0.3) is 0 Å². The van der Waals surface area contributed by atoms with E-state index in [9.17, 15) is 4.79 Å². The fraction of sp³-hybridized carbons (Fsp3) is 0.667. The Morgan fingerprint density at radius 1 is 1.62 bits per heavy atom. The first-order valence-electron chi connectivity index (χ1n) is 1.55. The molecule has 0 bridgehead atoms. The van der Waals surface area contributed by atoms with Gasteiger partial charge in [-0.3, -0.25) is 0 Å². The second-order valence-electron chi connectivity index (χ2n) is 1.01. The number of rotatable bonds is 1. The Morgan fingerprint density at radius 2 is 1.75 bits per heavy atom. The third kappa shape index (κ3) is 9.54. The topological polar surface area (TPSA) is 92.5 Å². The zero-order valence-corrected chi connectivity index (χ0v) is 8.18. The first kappa shape index (κ1) is 15.7. The summed E-state index contributed by atoms with van der Waals surface area (Å²) < 4.78 is 0. The van der Waals surface area contributed by atoms with Crippen LogP contribution in [0.1, 0.15) is 6.92 Å². The van der Waals surface area contributed by atoms with E-state index >= 15 is 0 Å². The maximum absolute atomic E-state index is 9.45. The predicted octanol–water partition coefficient (Wildman–Crippen LogP) is -0.389. The van der Waals surface area contributed by atoms with Crippen LogP contribution in [0.3, 0.4) is 0 Å². The van der Waals surface area contributed by atoms with Crippen molar-refractivity contribution >= 4 is 5.97 Å². The average molecular weight is 286 g/mol. The van der Waals surface area contributed by atoms with E-state index in [1.54, 1.807) is 0 Å². The van der Waals surface area contributed by atoms with Crippen molar-refractivity contribution in [2.45, 2.75) is 13.0 Å². The molecule has 1 unspecified atom stereocenters. The minimum absolute atomic E-state index is 0. The van der Waals surface area contributed by atoms with Crippen molar-refractivity contribution in [1.82, 2.24) is 6.15 Å². The summed E-state index contributed by atoms with van der Waals surface area (Å²) in [6, 6.07) is 0. The number of aliphatic hydroxyl groups excluding tert-OH is 1. The number of hydrogen-bond acceptors (Lipinski definition) is 3. The minimum Gasteiger partial charge on any atom is -0.479 e. The molecule has 0 aromatic carbocycles. The fourth-order valence-corrected chi connectivity index (χ4v) is 0. The van der Waals surface area contributed by atoms with Gasteiger partial charge in [0.25, 0.3) is 0 Å². The number of hydrogen-bond donors (Lipinski definition) is 3. The van der Waals surface area contributed by atoms with Crippen molar-refractivity contribution in [1.29, 1.82) is 0 Å². The van der Waals surface area contributed by atoms with Gasteiger partial charge in [0.15, 0.2) is 0 Å². The van der Waals surface area contributed by atoms with Crippen molar-refractivity contribution < 1.29 is 40.9 Å². The van der Waals surface area contributed by atoms with E-state index in [2.05, 4.69) is 0 Å². The van der Waals surface area contributed by atoms with Gasteiger partial charge in [-0.2, -0.15) is 0 Å². The first-order chi connectivity index (χ1) is 2.64. The predicted molar refractivity (Wildman–Crippen MR) is 24.3 cm³/mol. The van der Waals surface area contributed by atoms with Crippen LogP contribution in [0, 0.1) is 0 Å². The number of aliphatic carboxylic acids is 1. The van der Waals surface area contributed by atoms with Crippen molar-refractivity contribution in [3.8, 4) is 0 Å². The van der Waals surface area contributed by atoms with Gasteiger partial charge in [0.2, 0.25) is 0 Å². The van der Waals surface area contributed by atoms with Gasteiger partial charge in [-0.15, -0.1) is 0 Å². The monoisotopic (exact) mass is 287 g/mol. The zero-order valence-electron chi connectivity index (χ0n) is 4.59. The summed E-state index contributed by atoms with van der Waals surface area (Å²) in [5.74, 6) is -1.19. The van der Waals surface area contributed by atoms with Gasteiger partial charge in [-0.25, -0.2) is 4.79 Å². The third-order valence-electron chi connectivity index (χ3n) is 0.357. The third-order valence-corrected chi connectivity index (χ3v) is 0.357. The van der Waals surface area contributed by atoms with E-state index in [1.807, 2.05) is 0 Å². The molecule has 0 aromatic heterocycles. The van der Waals surface area contributed by atoms with Crippen molar-refractivity contribution in [3.05, 3.63) is 0 Å². The van der Waals surface area contributed by atoms with Crippen LogP contribution in [0.5, 0.6) is 0 Å². The maximum Gasteiger partial charge on any atom is 0.332 e. The number of carboxylic acid groups (broad SMARTS) is 1. The smallest absolute Gasteiger partial charge is 0.332 e. The number of carbonyl (C=O) groups is 1. The second-order valence-corrected chi connectivity index (χ2v) is 1.01. The number of carboxylic acids is 1. The summed E-state index contributed by atoms with van der Waals surface area (Å²) in [6.45, 7) is 1.20. The standard InChI is InChI=1S/C3H6O3.Hf.H3N/c1-2(4)3(5)6;;/h2,4H,1H3,(H,5,6);;1H3. The Bertz CT molecular complexity index is 65.5. The molecule has 0 aliphatic heterocycles. The molecule has 0 rings (SSSR count). The number of aliphatic hydroxyl groups is 1. The van der Waals surface area contributed by atoms with E-state index in [0.29, 0.717) is 0 Å². The van der Waals surface area contributed by atoms with Gasteiger partial charge in [-0.1, -0.05) is 0 Å². The molecule has 0 fully saturated rings. The molecule has 0 aliphatic rings. The first-order valence-corrected chi connectivity index (χ1v) is 1.55. The maximum atomic E-state index is 9.45. The molecule has 0 saturated heterocycles. The summed E-state index contributed by atoms with van der Waals surface area (Å²) in [5, 5.41) is 15.8. The Hall–Kier alpha value is 0.260. The summed E-state index contributed by atoms with van der Waals surface area (Å²) in [4.78, 5) is 9.45. The molecule has 1 atom stereocenters. The molecule has 5 heteroatoms. The summed E-state index contributed by atoms with van der Waals surface area (Å²) in [6.07, 6.45) is -1.23. The minimum atomic E-state index is -1.23. The average Bonchev–Trinajstić information content (AvgIpc) is 1.36. The Labute approximate surface area is 66.3 Å². The molecule has 0 aromatic rings. The fourth-order valence-electron chi connectivity index (χ4n) is 0. The quantitative estimate of drug-likeness (QED) is 0.572. The van der Waals surface area contributed by atoms with Gasteiger partial charge < -0.3 is 16.4 Å². The van der Waals surface area contributed by atoms with E-state index < -0.39 is 12.1 Å². The van der Waals surface area contributed by atoms with Crippen molar-refractivity contribution in [2.75, 3.05) is 0 Å². The molecule has 0 amide bonds. The van der Waals surface area contributed by atoms with Crippen LogP contribution in [0.4, 0.5) is 0 Å². The van der Waals surface area contributed by atoms with Crippen LogP contribution in [-0.4, -0.2) is 22.3 Å². The van der Waals surface area contributed by atoms with Crippen molar-refractivity contribution in [3.63, 3.8) is 0 Å². The van der Waals surface area contributed by atoms with E-state index in [4.69, 9.17) is 10.2 Å². The van der Waals surface area contributed by atoms with Gasteiger partial charge in [0.1, 0.15) is 6.10 Å². The van der Waals surface area contributed by atoms with Gasteiger partial charge in [-0.05, 0) is 6.92 Å². The summed E-state index contributed by atoms with van der Waals surface area (Å²) in [5.41, 5.74) is 0. The molecule has 0 heterocycles. The van der Waals surface area contributed by atoms with Crippen LogP contribution >= 0.6 is 0 Å². The van der Waals surface area contributed by atoms with Crippen LogP contribution in [-0.2, 0) is 30.6 Å². The molecule has 8 heavy (non-hydrogen) atoms. The Balaban J connectivity index is -0.000000125. The summed E-state index contributed by atoms with van der Waals surface area (Å²) in [7, 11) is 0. The molecular weight excluding hydrogens is 277 g/mol. The Kier molecular flexibility index (Phi) is 14.3. The largest absolute Gasteiger partial charge is 0.479 e. The van der Waals surface area contributed by atoms with E-state index in [-0.39, 0.29) is 32.0 Å². The zero-order chi connectivity index (χ0) is 5.15. The molecule has 0 saturated carbocycles. The summed E-state index contributed by atoms with van der Waals surface area (Å²) >= 11 is 0. The Morgan fingerprint density at radius 3 is 1.75 bits per heavy atom. The normalized spacial score (nSPS) is 10.2. The van der Waals surface area contributed by atoms with E-state index in [0.717, 1.165) is 0 Å². The SMILES string of the molecule is CC(O)C(=O)O.N.[Hf]. The second kappa shape index (κ2) is 7.26. The molecule has 0 aliphatic carbocycles. The molecular formula is C3H9HfNO3. The van der Waals surface area contributed by atoms with E-state index in [1.165, 1.54) is 6.92 Å². The molecule has 5 N–H and O–H groups in total. The van der Waals surface area contributed by atoms with Gasteiger partial charge in [0, 0.05) is 25.8 Å². The van der Waals surface area contributed by atoms with Crippen molar-refractivity contribution in [2.24, 2.45) is 0 Å². The molecule has 0 spiro atoms. The molecule has 0 radical (unpaired) electrons.